The molecule has 1 saturated carbocycles. The second-order valence-electron chi connectivity index (χ2n) is 7.52. The highest BCUT2D eigenvalue weighted by Crippen LogP contribution is 2.24. The molecule has 1 aromatic heterocycles. The van der Waals surface area contributed by atoms with Crippen LogP contribution in [-0.2, 0) is 4.79 Å². The fourth-order valence-corrected chi connectivity index (χ4v) is 3.61. The largest absolute Gasteiger partial charge is 0.484 e. The average molecular weight is 434 g/mol. The monoisotopic (exact) mass is 433 g/mol. The second-order valence-corrected chi connectivity index (χ2v) is 7.93. The zero-order valence-electron chi connectivity index (χ0n) is 16.8. The lowest BCUT2D eigenvalue weighted by atomic mass is 9.86. The van der Waals surface area contributed by atoms with E-state index in [-0.39, 0.29) is 35.2 Å². The van der Waals surface area contributed by atoms with E-state index < -0.39 is 5.82 Å². The Balaban J connectivity index is 1.35. The zero-order chi connectivity index (χ0) is 21.5. The molecule has 30 heavy (non-hydrogen) atoms. The molecule has 0 radical (unpaired) electrons. The Hall–Kier alpha value is -2.67. The molecule has 8 heteroatoms. The van der Waals surface area contributed by atoms with Gasteiger partial charge in [0.25, 0.3) is 11.8 Å². The molecule has 0 bridgehead atoms. The van der Waals surface area contributed by atoms with Crippen molar-refractivity contribution >= 4 is 23.4 Å². The van der Waals surface area contributed by atoms with Crippen LogP contribution in [0.3, 0.4) is 0 Å². The minimum Gasteiger partial charge on any atom is -0.484 e. The summed E-state index contributed by atoms with van der Waals surface area (Å²) in [5, 5.41) is 5.91. The summed E-state index contributed by atoms with van der Waals surface area (Å²) in [6, 6.07) is 9.51. The summed E-state index contributed by atoms with van der Waals surface area (Å²) in [5.74, 6) is -0.356. The highest BCUT2D eigenvalue weighted by molar-refractivity contribution is 6.30. The third kappa shape index (κ3) is 6.42. The molecular weight excluding hydrogens is 409 g/mol. The van der Waals surface area contributed by atoms with E-state index >= 15 is 0 Å². The maximum absolute atomic E-state index is 13.4. The van der Waals surface area contributed by atoms with Crippen LogP contribution in [0.2, 0.25) is 5.02 Å². The van der Waals surface area contributed by atoms with Gasteiger partial charge in [-0.05, 0) is 62.8 Å². The number of hydrogen-bond acceptors (Lipinski definition) is 4. The van der Waals surface area contributed by atoms with Gasteiger partial charge in [-0.25, -0.2) is 9.37 Å². The molecule has 1 fully saturated rings. The van der Waals surface area contributed by atoms with Crippen LogP contribution < -0.4 is 15.4 Å². The number of aromatic nitrogens is 1. The van der Waals surface area contributed by atoms with Crippen molar-refractivity contribution in [1.29, 1.82) is 0 Å². The smallest absolute Gasteiger partial charge is 0.269 e. The Morgan fingerprint density at radius 3 is 2.67 bits per heavy atom. The van der Waals surface area contributed by atoms with Gasteiger partial charge in [0.2, 0.25) is 0 Å². The number of aryl methyl sites for hydroxylation is 1. The number of amides is 2. The molecule has 0 atom stereocenters. The molecule has 6 nitrogen and oxygen atoms in total. The van der Waals surface area contributed by atoms with E-state index in [4.69, 9.17) is 16.3 Å². The zero-order valence-corrected chi connectivity index (χ0v) is 17.5. The van der Waals surface area contributed by atoms with E-state index in [0.29, 0.717) is 18.2 Å². The number of hydrogen-bond donors (Lipinski definition) is 2. The van der Waals surface area contributed by atoms with Crippen LogP contribution in [0.4, 0.5) is 4.39 Å². The van der Waals surface area contributed by atoms with Crippen LogP contribution in [-0.4, -0.2) is 36.0 Å². The van der Waals surface area contributed by atoms with Crippen molar-refractivity contribution in [2.24, 2.45) is 5.92 Å². The summed E-state index contributed by atoms with van der Waals surface area (Å²) in [5.41, 5.74) is 1.24. The molecule has 0 unspecified atom stereocenters. The van der Waals surface area contributed by atoms with Gasteiger partial charge in [0.1, 0.15) is 17.3 Å². The molecule has 2 aromatic rings. The molecule has 0 spiro atoms. The first-order valence-corrected chi connectivity index (χ1v) is 10.4. The predicted octanol–water partition coefficient (Wildman–Crippen LogP) is 3.67. The summed E-state index contributed by atoms with van der Waals surface area (Å²) >= 11 is 5.62. The third-order valence-corrected chi connectivity index (χ3v) is 5.45. The lowest BCUT2D eigenvalue weighted by Crippen LogP contribution is -2.41. The summed E-state index contributed by atoms with van der Waals surface area (Å²) in [6.45, 7) is 2.27. The standard InChI is InChI=1S/C22H25ClFN3O3/c1-14-3-2-4-20(26-14)22(29)25-12-15-5-7-16(8-6-15)27-21(28)13-30-17-9-10-18(23)19(24)11-17/h2-4,9-11,15-16H,5-8,12-13H2,1H3,(H,25,29)(H,27,28)/t15-,16-. The van der Waals surface area contributed by atoms with Crippen molar-refractivity contribution in [2.75, 3.05) is 13.2 Å². The van der Waals surface area contributed by atoms with Crippen molar-refractivity contribution in [3.05, 3.63) is 58.6 Å². The summed E-state index contributed by atoms with van der Waals surface area (Å²) in [4.78, 5) is 28.5. The van der Waals surface area contributed by atoms with Crippen molar-refractivity contribution < 1.29 is 18.7 Å². The van der Waals surface area contributed by atoms with Crippen LogP contribution in [0.25, 0.3) is 0 Å². The number of halogens is 2. The van der Waals surface area contributed by atoms with Gasteiger partial charge in [-0.3, -0.25) is 9.59 Å². The van der Waals surface area contributed by atoms with E-state index in [0.717, 1.165) is 37.4 Å². The van der Waals surface area contributed by atoms with Crippen molar-refractivity contribution in [3.63, 3.8) is 0 Å². The van der Waals surface area contributed by atoms with Crippen LogP contribution in [0.15, 0.2) is 36.4 Å². The Morgan fingerprint density at radius 1 is 1.20 bits per heavy atom. The number of nitrogens with zero attached hydrogens (tertiary/aromatic N) is 1. The molecule has 0 saturated heterocycles. The van der Waals surface area contributed by atoms with Crippen LogP contribution in [0.1, 0.15) is 41.9 Å². The number of pyridine rings is 1. The lowest BCUT2D eigenvalue weighted by molar-refractivity contribution is -0.124. The number of carbonyl (C=O) groups is 2. The topological polar surface area (TPSA) is 80.3 Å². The first-order chi connectivity index (χ1) is 14.4. The van der Waals surface area contributed by atoms with Crippen molar-refractivity contribution in [1.82, 2.24) is 15.6 Å². The Kier molecular flexibility index (Phi) is 7.63. The van der Waals surface area contributed by atoms with Crippen molar-refractivity contribution in [2.45, 2.75) is 38.6 Å². The maximum atomic E-state index is 13.4. The van der Waals surface area contributed by atoms with E-state index in [1.165, 1.54) is 12.1 Å². The number of rotatable bonds is 7. The van der Waals surface area contributed by atoms with E-state index in [2.05, 4.69) is 15.6 Å². The number of ether oxygens (including phenoxy) is 1. The van der Waals surface area contributed by atoms with Gasteiger partial charge in [-0.2, -0.15) is 0 Å². The first-order valence-electron chi connectivity index (χ1n) is 10.00. The highest BCUT2D eigenvalue weighted by Gasteiger charge is 2.23. The van der Waals surface area contributed by atoms with Gasteiger partial charge in [0, 0.05) is 24.3 Å². The molecular formula is C22H25ClFN3O3. The Bertz CT molecular complexity index is 901. The second kappa shape index (κ2) is 10.4. The summed E-state index contributed by atoms with van der Waals surface area (Å²) < 4.78 is 18.7. The van der Waals surface area contributed by atoms with Gasteiger partial charge in [-0.1, -0.05) is 17.7 Å². The van der Waals surface area contributed by atoms with Gasteiger partial charge in [-0.15, -0.1) is 0 Å². The SMILES string of the molecule is Cc1cccc(C(=O)NC[C@H]2CC[C@H](NC(=O)COc3ccc(Cl)c(F)c3)CC2)n1. The minimum absolute atomic E-state index is 0.00916. The van der Waals surface area contributed by atoms with Crippen molar-refractivity contribution in [3.8, 4) is 5.75 Å². The van der Waals surface area contributed by atoms with Crippen LogP contribution in [0.5, 0.6) is 5.75 Å². The maximum Gasteiger partial charge on any atom is 0.269 e. The molecule has 2 amide bonds. The normalized spacial score (nSPS) is 18.5. The van der Waals surface area contributed by atoms with Crippen LogP contribution >= 0.6 is 11.6 Å². The molecule has 160 valence electrons. The first kappa shape index (κ1) is 22.0. The minimum atomic E-state index is -0.585. The van der Waals surface area contributed by atoms with Gasteiger partial charge in [0.05, 0.1) is 5.02 Å². The van der Waals surface area contributed by atoms with Gasteiger partial charge >= 0.3 is 0 Å². The lowest BCUT2D eigenvalue weighted by Gasteiger charge is -2.29. The quantitative estimate of drug-likeness (QED) is 0.698. The molecule has 0 aliphatic heterocycles. The van der Waals surface area contributed by atoms with E-state index in [1.54, 1.807) is 6.07 Å². The molecule has 1 heterocycles. The third-order valence-electron chi connectivity index (χ3n) is 5.15. The Labute approximate surface area is 180 Å². The molecule has 1 aromatic carbocycles. The average Bonchev–Trinajstić information content (AvgIpc) is 2.74. The molecule has 1 aliphatic carbocycles. The number of nitrogens with one attached hydrogen (secondary N) is 2. The molecule has 1 aliphatic rings. The summed E-state index contributed by atoms with van der Waals surface area (Å²) in [6.07, 6.45) is 3.50. The molecule has 2 N–H and O–H groups in total. The highest BCUT2D eigenvalue weighted by atomic mass is 35.5. The van der Waals surface area contributed by atoms with E-state index in [9.17, 15) is 14.0 Å². The Morgan fingerprint density at radius 2 is 1.97 bits per heavy atom. The van der Waals surface area contributed by atoms with Gasteiger partial charge < -0.3 is 15.4 Å². The van der Waals surface area contributed by atoms with Crippen LogP contribution in [0, 0.1) is 18.7 Å². The number of benzene rings is 1. The van der Waals surface area contributed by atoms with E-state index in [1.807, 2.05) is 19.1 Å². The fraction of sp³-hybridized carbons (Fsp3) is 0.409. The fourth-order valence-electron chi connectivity index (χ4n) is 3.49. The van der Waals surface area contributed by atoms with Gasteiger partial charge in [0.15, 0.2) is 6.61 Å². The predicted molar refractivity (Wildman–Crippen MR) is 112 cm³/mol. The molecule has 3 rings (SSSR count). The summed E-state index contributed by atoms with van der Waals surface area (Å²) in [7, 11) is 0. The number of carbonyl (C=O) groups excluding carboxylic acids is 2.